The summed E-state index contributed by atoms with van der Waals surface area (Å²) in [7, 11) is 1.56. The van der Waals surface area contributed by atoms with Crippen molar-refractivity contribution in [3.05, 3.63) is 71.1 Å². The highest BCUT2D eigenvalue weighted by molar-refractivity contribution is 6.04. The second kappa shape index (κ2) is 8.39. The van der Waals surface area contributed by atoms with Crippen LogP contribution in [0.5, 0.6) is 11.5 Å². The van der Waals surface area contributed by atoms with Gasteiger partial charge >= 0.3 is 0 Å². The Morgan fingerprint density at radius 1 is 1.07 bits per heavy atom. The predicted octanol–water partition coefficient (Wildman–Crippen LogP) is 4.03. The SMILES string of the molecule is COc1ccccc1OCc1c(C(=O)Nc2ccc(C(C)=O)cc2)noc1C. The zero-order chi connectivity index (χ0) is 20.1. The molecular formula is C21H20N2O5. The molecule has 1 amide bonds. The Hall–Kier alpha value is -3.61. The van der Waals surface area contributed by atoms with Crippen LogP contribution in [0.25, 0.3) is 0 Å². The number of aromatic nitrogens is 1. The van der Waals surface area contributed by atoms with Crippen LogP contribution in [-0.4, -0.2) is 24.0 Å². The number of carbonyl (C=O) groups is 2. The number of ketones is 1. The third-order valence-electron chi connectivity index (χ3n) is 4.19. The molecule has 0 spiro atoms. The molecule has 0 aliphatic heterocycles. The van der Waals surface area contributed by atoms with Crippen LogP contribution in [0.1, 0.15) is 39.1 Å². The number of hydrogen-bond acceptors (Lipinski definition) is 6. The number of methoxy groups -OCH3 is 1. The third kappa shape index (κ3) is 4.20. The van der Waals surface area contributed by atoms with Crippen molar-refractivity contribution in [3.63, 3.8) is 0 Å². The van der Waals surface area contributed by atoms with Gasteiger partial charge in [-0.15, -0.1) is 0 Å². The fourth-order valence-corrected chi connectivity index (χ4v) is 2.61. The summed E-state index contributed by atoms with van der Waals surface area (Å²) >= 11 is 0. The van der Waals surface area contributed by atoms with E-state index >= 15 is 0 Å². The van der Waals surface area contributed by atoms with Crippen molar-refractivity contribution in [3.8, 4) is 11.5 Å². The van der Waals surface area contributed by atoms with Gasteiger partial charge in [0.25, 0.3) is 5.91 Å². The van der Waals surface area contributed by atoms with E-state index in [1.165, 1.54) is 6.92 Å². The lowest BCUT2D eigenvalue weighted by atomic mass is 10.1. The van der Waals surface area contributed by atoms with Gasteiger partial charge in [0.2, 0.25) is 0 Å². The normalized spacial score (nSPS) is 10.4. The van der Waals surface area contributed by atoms with E-state index in [2.05, 4.69) is 10.5 Å². The lowest BCUT2D eigenvalue weighted by Gasteiger charge is -2.10. The number of nitrogens with one attached hydrogen (secondary N) is 1. The average molecular weight is 380 g/mol. The zero-order valence-corrected chi connectivity index (χ0v) is 15.8. The number of aryl methyl sites for hydroxylation is 1. The van der Waals surface area contributed by atoms with Crippen molar-refractivity contribution in [2.24, 2.45) is 0 Å². The molecule has 0 saturated carbocycles. The molecule has 7 nitrogen and oxygen atoms in total. The van der Waals surface area contributed by atoms with Crippen molar-refractivity contribution >= 4 is 17.4 Å². The van der Waals surface area contributed by atoms with Gasteiger partial charge in [-0.1, -0.05) is 17.3 Å². The molecule has 0 unspecified atom stereocenters. The molecule has 0 saturated heterocycles. The van der Waals surface area contributed by atoms with Gasteiger partial charge in [-0.05, 0) is 50.2 Å². The van der Waals surface area contributed by atoms with E-state index in [-0.39, 0.29) is 18.1 Å². The number of carbonyl (C=O) groups excluding carboxylic acids is 2. The molecule has 3 aromatic rings. The molecule has 0 aliphatic rings. The number of hydrogen-bond donors (Lipinski definition) is 1. The summed E-state index contributed by atoms with van der Waals surface area (Å²) in [5.74, 6) is 1.17. The van der Waals surface area contributed by atoms with E-state index in [9.17, 15) is 9.59 Å². The molecule has 0 bridgehead atoms. The van der Waals surface area contributed by atoms with Gasteiger partial charge in [-0.25, -0.2) is 0 Å². The van der Waals surface area contributed by atoms with E-state index in [1.54, 1.807) is 50.4 Å². The highest BCUT2D eigenvalue weighted by atomic mass is 16.5. The van der Waals surface area contributed by atoms with E-state index in [0.29, 0.717) is 34.1 Å². The number of Topliss-reactive ketones (excluding diaryl/α,β-unsaturated/α-hetero) is 1. The summed E-state index contributed by atoms with van der Waals surface area (Å²) in [4.78, 5) is 24.0. The van der Waals surface area contributed by atoms with Crippen molar-refractivity contribution in [2.75, 3.05) is 12.4 Å². The molecule has 2 aromatic carbocycles. The largest absolute Gasteiger partial charge is 0.493 e. The molecule has 3 rings (SSSR count). The fraction of sp³-hybridized carbons (Fsp3) is 0.190. The lowest BCUT2D eigenvalue weighted by molar-refractivity contribution is 0.101. The fourth-order valence-electron chi connectivity index (χ4n) is 2.61. The minimum atomic E-state index is -0.425. The van der Waals surface area contributed by atoms with Gasteiger partial charge in [0.1, 0.15) is 12.4 Å². The number of para-hydroxylation sites is 2. The summed E-state index contributed by atoms with van der Waals surface area (Å²) < 4.78 is 16.2. The first-order valence-electron chi connectivity index (χ1n) is 8.63. The third-order valence-corrected chi connectivity index (χ3v) is 4.19. The first-order chi connectivity index (χ1) is 13.5. The average Bonchev–Trinajstić information content (AvgIpc) is 3.07. The molecule has 0 atom stereocenters. The molecule has 7 heteroatoms. The van der Waals surface area contributed by atoms with Crippen molar-refractivity contribution < 1.29 is 23.6 Å². The first kappa shape index (κ1) is 19.2. The predicted molar refractivity (Wildman–Crippen MR) is 103 cm³/mol. The van der Waals surface area contributed by atoms with Gasteiger partial charge in [-0.2, -0.15) is 0 Å². The standard InChI is InChI=1S/C21H20N2O5/c1-13(24)15-8-10-16(11-9-15)22-21(25)20-17(14(2)28-23-20)12-27-19-7-5-4-6-18(19)26-3/h4-11H,12H2,1-3H3,(H,22,25). The first-order valence-corrected chi connectivity index (χ1v) is 8.63. The summed E-state index contributed by atoms with van der Waals surface area (Å²) in [6.07, 6.45) is 0. The summed E-state index contributed by atoms with van der Waals surface area (Å²) in [5.41, 5.74) is 1.81. The number of rotatable bonds is 7. The molecule has 0 radical (unpaired) electrons. The van der Waals surface area contributed by atoms with Gasteiger partial charge in [0.15, 0.2) is 23.0 Å². The van der Waals surface area contributed by atoms with Gasteiger partial charge in [0.05, 0.1) is 12.7 Å². The van der Waals surface area contributed by atoms with Crippen LogP contribution < -0.4 is 14.8 Å². The van der Waals surface area contributed by atoms with Gasteiger partial charge in [0, 0.05) is 11.3 Å². The maximum absolute atomic E-state index is 12.6. The molecule has 1 N–H and O–H groups in total. The Balaban J connectivity index is 1.74. The van der Waals surface area contributed by atoms with Crippen molar-refractivity contribution in [2.45, 2.75) is 20.5 Å². The lowest BCUT2D eigenvalue weighted by Crippen LogP contribution is -2.15. The second-order valence-corrected chi connectivity index (χ2v) is 6.09. The Kier molecular flexibility index (Phi) is 5.74. The van der Waals surface area contributed by atoms with Gasteiger partial charge < -0.3 is 19.3 Å². The molecule has 0 aliphatic carbocycles. The monoisotopic (exact) mass is 380 g/mol. The van der Waals surface area contributed by atoms with Crippen molar-refractivity contribution in [1.29, 1.82) is 0 Å². The summed E-state index contributed by atoms with van der Waals surface area (Å²) in [5, 5.41) is 6.61. The number of amides is 1. The summed E-state index contributed by atoms with van der Waals surface area (Å²) in [6.45, 7) is 3.30. The molecule has 144 valence electrons. The number of ether oxygens (including phenoxy) is 2. The maximum Gasteiger partial charge on any atom is 0.278 e. The number of benzene rings is 2. The molecule has 0 fully saturated rings. The Labute approximate surface area is 162 Å². The summed E-state index contributed by atoms with van der Waals surface area (Å²) in [6, 6.07) is 13.9. The minimum absolute atomic E-state index is 0.0409. The van der Waals surface area contributed by atoms with Crippen LogP contribution in [0, 0.1) is 6.92 Å². The number of anilines is 1. The zero-order valence-electron chi connectivity index (χ0n) is 15.8. The Morgan fingerprint density at radius 2 is 1.75 bits per heavy atom. The minimum Gasteiger partial charge on any atom is -0.493 e. The van der Waals surface area contributed by atoms with E-state index in [1.807, 2.05) is 12.1 Å². The van der Waals surface area contributed by atoms with Crippen LogP contribution in [0.2, 0.25) is 0 Å². The van der Waals surface area contributed by atoms with Crippen LogP contribution in [-0.2, 0) is 6.61 Å². The molecule has 1 heterocycles. The number of nitrogens with zero attached hydrogens (tertiary/aromatic N) is 1. The molecule has 28 heavy (non-hydrogen) atoms. The highest BCUT2D eigenvalue weighted by Crippen LogP contribution is 2.27. The highest BCUT2D eigenvalue weighted by Gasteiger charge is 2.21. The van der Waals surface area contributed by atoms with Crippen LogP contribution in [0.4, 0.5) is 5.69 Å². The molecule has 1 aromatic heterocycles. The Bertz CT molecular complexity index is 992. The maximum atomic E-state index is 12.6. The van der Waals surface area contributed by atoms with Crippen LogP contribution >= 0.6 is 0 Å². The topological polar surface area (TPSA) is 90.7 Å². The van der Waals surface area contributed by atoms with Crippen molar-refractivity contribution in [1.82, 2.24) is 5.16 Å². The van der Waals surface area contributed by atoms with E-state index in [4.69, 9.17) is 14.0 Å². The molecular weight excluding hydrogens is 360 g/mol. The van der Waals surface area contributed by atoms with Crippen LogP contribution in [0.15, 0.2) is 53.1 Å². The van der Waals surface area contributed by atoms with E-state index < -0.39 is 5.91 Å². The second-order valence-electron chi connectivity index (χ2n) is 6.09. The van der Waals surface area contributed by atoms with E-state index in [0.717, 1.165) is 0 Å². The van der Waals surface area contributed by atoms with Crippen LogP contribution in [0.3, 0.4) is 0 Å². The van der Waals surface area contributed by atoms with Gasteiger partial charge in [-0.3, -0.25) is 9.59 Å². The Morgan fingerprint density at radius 3 is 2.39 bits per heavy atom. The smallest absolute Gasteiger partial charge is 0.278 e. The quantitative estimate of drug-likeness (QED) is 0.623.